The highest BCUT2D eigenvalue weighted by Gasteiger charge is 2.13. The third kappa shape index (κ3) is 5.00. The van der Waals surface area contributed by atoms with E-state index in [4.69, 9.17) is 0 Å². The molecule has 0 aromatic heterocycles. The highest BCUT2D eigenvalue weighted by atomic mass is 32.2. The van der Waals surface area contributed by atoms with Gasteiger partial charge in [-0.1, -0.05) is 36.8 Å². The third-order valence-electron chi connectivity index (χ3n) is 3.47. The summed E-state index contributed by atoms with van der Waals surface area (Å²) in [7, 11) is 0. The maximum Gasteiger partial charge on any atom is 0.252 e. The zero-order valence-corrected chi connectivity index (χ0v) is 12.8. The molecule has 1 amide bonds. The van der Waals surface area contributed by atoms with Crippen LogP contribution >= 0.6 is 11.8 Å². The van der Waals surface area contributed by atoms with Gasteiger partial charge in [-0.05, 0) is 38.2 Å². The summed E-state index contributed by atoms with van der Waals surface area (Å²) < 4.78 is 0. The van der Waals surface area contributed by atoms with Crippen molar-refractivity contribution in [2.75, 3.05) is 0 Å². The lowest BCUT2D eigenvalue weighted by molar-refractivity contribution is -0.120. The molecule has 4 heteroatoms. The minimum absolute atomic E-state index is 0.00371. The quantitative estimate of drug-likeness (QED) is 0.839. The van der Waals surface area contributed by atoms with Crippen molar-refractivity contribution >= 4 is 23.4 Å². The first-order chi connectivity index (χ1) is 9.75. The number of nitrogens with zero attached hydrogens (tertiary/aromatic N) is 1. The second-order valence-corrected chi connectivity index (χ2v) is 6.48. The van der Waals surface area contributed by atoms with Crippen LogP contribution in [-0.4, -0.2) is 16.9 Å². The van der Waals surface area contributed by atoms with E-state index in [-0.39, 0.29) is 11.2 Å². The van der Waals surface area contributed by atoms with E-state index in [0.29, 0.717) is 0 Å². The molecule has 2 rings (SSSR count). The van der Waals surface area contributed by atoms with Crippen LogP contribution < -0.4 is 5.43 Å². The molecule has 1 atom stereocenters. The number of carbonyl (C=O) groups is 1. The number of hydrogen-bond donors (Lipinski definition) is 1. The highest BCUT2D eigenvalue weighted by Crippen LogP contribution is 2.18. The SMILES string of the molecule is C[C@H](SCc1ccccc1)C(=O)NN=C1CCCCC1. The summed E-state index contributed by atoms with van der Waals surface area (Å²) in [5, 5.41) is 4.18. The van der Waals surface area contributed by atoms with E-state index in [1.165, 1.54) is 24.8 Å². The largest absolute Gasteiger partial charge is 0.272 e. The lowest BCUT2D eigenvalue weighted by Gasteiger charge is -2.13. The lowest BCUT2D eigenvalue weighted by atomic mass is 9.99. The minimum Gasteiger partial charge on any atom is -0.272 e. The molecule has 1 aliphatic carbocycles. The molecule has 1 N–H and O–H groups in total. The minimum atomic E-state index is -0.0804. The normalized spacial score (nSPS) is 16.6. The van der Waals surface area contributed by atoms with Crippen LogP contribution in [0.15, 0.2) is 35.4 Å². The maximum absolute atomic E-state index is 12.0. The number of amides is 1. The number of benzene rings is 1. The van der Waals surface area contributed by atoms with Gasteiger partial charge in [0.1, 0.15) is 0 Å². The molecule has 0 radical (unpaired) electrons. The first-order valence-corrected chi connectivity index (χ1v) is 8.31. The van der Waals surface area contributed by atoms with Gasteiger partial charge in [-0.25, -0.2) is 5.43 Å². The highest BCUT2D eigenvalue weighted by molar-refractivity contribution is 7.99. The topological polar surface area (TPSA) is 41.5 Å². The summed E-state index contributed by atoms with van der Waals surface area (Å²) >= 11 is 1.64. The Morgan fingerprint density at radius 2 is 1.95 bits per heavy atom. The van der Waals surface area contributed by atoms with Crippen LogP contribution in [0.3, 0.4) is 0 Å². The van der Waals surface area contributed by atoms with Gasteiger partial charge in [-0.3, -0.25) is 4.79 Å². The standard InChI is InChI=1S/C16H22N2OS/c1-13(20-12-14-8-4-2-5-9-14)16(19)18-17-15-10-6-3-7-11-15/h2,4-5,8-9,13H,3,6-7,10-12H2,1H3,(H,18,19)/t13-/m0/s1. The van der Waals surface area contributed by atoms with Gasteiger partial charge in [-0.2, -0.15) is 5.10 Å². The molecule has 3 nitrogen and oxygen atoms in total. The number of carbonyl (C=O) groups excluding carboxylic acids is 1. The number of nitrogens with one attached hydrogen (secondary N) is 1. The third-order valence-corrected chi connectivity index (χ3v) is 4.68. The molecular formula is C16H22N2OS. The maximum atomic E-state index is 12.0. The van der Waals surface area contributed by atoms with Gasteiger partial charge in [0.05, 0.1) is 5.25 Å². The number of rotatable bonds is 5. The average molecular weight is 290 g/mol. The summed E-state index contributed by atoms with van der Waals surface area (Å²) in [4.78, 5) is 12.0. The molecule has 0 saturated heterocycles. The molecule has 1 aromatic carbocycles. The molecule has 20 heavy (non-hydrogen) atoms. The van der Waals surface area contributed by atoms with Crippen LogP contribution in [0.2, 0.25) is 0 Å². The second kappa shape index (κ2) is 8.10. The molecule has 1 aliphatic rings. The Morgan fingerprint density at radius 3 is 2.65 bits per heavy atom. The summed E-state index contributed by atoms with van der Waals surface area (Å²) in [6.45, 7) is 1.93. The van der Waals surface area contributed by atoms with E-state index in [9.17, 15) is 4.79 Å². The van der Waals surface area contributed by atoms with E-state index in [2.05, 4.69) is 22.7 Å². The Kier molecular flexibility index (Phi) is 6.12. The van der Waals surface area contributed by atoms with Crippen molar-refractivity contribution in [1.82, 2.24) is 5.43 Å². The Bertz CT molecular complexity index is 451. The lowest BCUT2D eigenvalue weighted by Crippen LogP contribution is -2.28. The molecule has 0 spiro atoms. The van der Waals surface area contributed by atoms with Crippen LogP contribution in [0.5, 0.6) is 0 Å². The summed E-state index contributed by atoms with van der Waals surface area (Å²) in [5.41, 5.74) is 5.11. The zero-order chi connectivity index (χ0) is 14.2. The fourth-order valence-electron chi connectivity index (χ4n) is 2.17. The van der Waals surface area contributed by atoms with Crippen molar-refractivity contribution in [3.05, 3.63) is 35.9 Å². The van der Waals surface area contributed by atoms with Crippen LogP contribution in [0.1, 0.15) is 44.6 Å². The molecule has 1 fully saturated rings. The van der Waals surface area contributed by atoms with Gasteiger partial charge >= 0.3 is 0 Å². The van der Waals surface area contributed by atoms with E-state index in [0.717, 1.165) is 24.3 Å². The van der Waals surface area contributed by atoms with Gasteiger partial charge in [-0.15, -0.1) is 11.8 Å². The number of hydrazone groups is 1. The summed E-state index contributed by atoms with van der Waals surface area (Å²) in [6, 6.07) is 10.2. The smallest absolute Gasteiger partial charge is 0.252 e. The number of hydrogen-bond acceptors (Lipinski definition) is 3. The first kappa shape index (κ1) is 15.1. The molecule has 0 unspecified atom stereocenters. The Morgan fingerprint density at radius 1 is 1.25 bits per heavy atom. The predicted molar refractivity (Wildman–Crippen MR) is 85.9 cm³/mol. The number of thioether (sulfide) groups is 1. The van der Waals surface area contributed by atoms with Crippen molar-refractivity contribution in [3.8, 4) is 0 Å². The molecule has 108 valence electrons. The molecule has 1 saturated carbocycles. The average Bonchev–Trinajstić information content (AvgIpc) is 2.52. The van der Waals surface area contributed by atoms with Crippen molar-refractivity contribution < 1.29 is 4.79 Å². The van der Waals surface area contributed by atoms with Gasteiger partial charge in [0.2, 0.25) is 0 Å². The van der Waals surface area contributed by atoms with E-state index >= 15 is 0 Å². The molecule has 1 aromatic rings. The van der Waals surface area contributed by atoms with Crippen LogP contribution in [0.25, 0.3) is 0 Å². The van der Waals surface area contributed by atoms with Crippen molar-refractivity contribution in [1.29, 1.82) is 0 Å². The van der Waals surface area contributed by atoms with Gasteiger partial charge in [0, 0.05) is 11.5 Å². The molecule has 0 heterocycles. The van der Waals surface area contributed by atoms with Crippen molar-refractivity contribution in [3.63, 3.8) is 0 Å². The van der Waals surface area contributed by atoms with Crippen LogP contribution in [-0.2, 0) is 10.5 Å². The Hall–Kier alpha value is -1.29. The Labute approximate surface area is 125 Å². The van der Waals surface area contributed by atoms with E-state index in [1.807, 2.05) is 25.1 Å². The van der Waals surface area contributed by atoms with E-state index in [1.54, 1.807) is 11.8 Å². The second-order valence-electron chi connectivity index (χ2n) is 5.15. The monoisotopic (exact) mass is 290 g/mol. The summed E-state index contributed by atoms with van der Waals surface area (Å²) in [5.74, 6) is 0.857. The predicted octanol–water partition coefficient (Wildman–Crippen LogP) is 3.74. The first-order valence-electron chi connectivity index (χ1n) is 7.26. The van der Waals surface area contributed by atoms with Crippen LogP contribution in [0, 0.1) is 0 Å². The fourth-order valence-corrected chi connectivity index (χ4v) is 3.01. The van der Waals surface area contributed by atoms with Gasteiger partial charge in [0.15, 0.2) is 0 Å². The van der Waals surface area contributed by atoms with Gasteiger partial charge < -0.3 is 0 Å². The molecular weight excluding hydrogens is 268 g/mol. The zero-order valence-electron chi connectivity index (χ0n) is 12.0. The van der Waals surface area contributed by atoms with Crippen molar-refractivity contribution in [2.45, 2.75) is 50.0 Å². The van der Waals surface area contributed by atoms with E-state index < -0.39 is 0 Å². The molecule has 0 bridgehead atoms. The van der Waals surface area contributed by atoms with Crippen molar-refractivity contribution in [2.24, 2.45) is 5.10 Å². The fraction of sp³-hybridized carbons (Fsp3) is 0.500. The Balaban J connectivity index is 1.74. The van der Waals surface area contributed by atoms with Gasteiger partial charge in [0.25, 0.3) is 5.91 Å². The summed E-state index contributed by atoms with van der Waals surface area (Å²) in [6.07, 6.45) is 5.76. The van der Waals surface area contributed by atoms with Crippen LogP contribution in [0.4, 0.5) is 0 Å². The molecule has 0 aliphatic heterocycles.